The first-order valence-electron chi connectivity index (χ1n) is 7.44. The smallest absolute Gasteiger partial charge is 0.337 e. The van der Waals surface area contributed by atoms with Crippen LogP contribution in [-0.2, 0) is 20.2 Å². The maximum atomic E-state index is 12.5. The van der Waals surface area contributed by atoms with E-state index in [1.807, 2.05) is 0 Å². The Morgan fingerprint density at radius 1 is 1.27 bits per heavy atom. The van der Waals surface area contributed by atoms with Gasteiger partial charge in [-0.25, -0.2) is 17.9 Å². The number of aromatic nitrogens is 2. The molecule has 0 amide bonds. The van der Waals surface area contributed by atoms with E-state index in [2.05, 4.69) is 19.4 Å². The van der Waals surface area contributed by atoms with Crippen molar-refractivity contribution in [3.63, 3.8) is 0 Å². The van der Waals surface area contributed by atoms with Gasteiger partial charge in [0.2, 0.25) is 11.8 Å². The molecule has 1 aromatic heterocycles. The molecule has 140 valence electrons. The van der Waals surface area contributed by atoms with E-state index in [0.717, 1.165) is 6.07 Å². The Labute approximate surface area is 156 Å². The van der Waals surface area contributed by atoms with Crippen molar-refractivity contribution < 1.29 is 23.1 Å². The van der Waals surface area contributed by atoms with Crippen LogP contribution in [0.15, 0.2) is 29.2 Å². The van der Waals surface area contributed by atoms with Gasteiger partial charge in [0.05, 0.1) is 23.1 Å². The van der Waals surface area contributed by atoms with Gasteiger partial charge in [0, 0.05) is 0 Å². The minimum atomic E-state index is -4.11. The number of nitrogens with zero attached hydrogens (tertiary/aromatic N) is 2. The lowest BCUT2D eigenvalue weighted by molar-refractivity contribution is 0.0600. The van der Waals surface area contributed by atoms with Crippen molar-refractivity contribution in [3.8, 4) is 5.88 Å². The first kappa shape index (κ1) is 19.9. The maximum absolute atomic E-state index is 12.5. The maximum Gasteiger partial charge on any atom is 0.337 e. The number of ether oxygens (including phenoxy) is 1. The Hall–Kier alpha value is -2.39. The van der Waals surface area contributed by atoms with Crippen LogP contribution >= 0.6 is 11.6 Å². The molecule has 0 fully saturated rings. The third kappa shape index (κ3) is 4.23. The molecule has 0 saturated heterocycles. The zero-order valence-corrected chi connectivity index (χ0v) is 16.1. The van der Waals surface area contributed by atoms with Crippen molar-refractivity contribution in [1.29, 1.82) is 0 Å². The monoisotopic (exact) mass is 399 g/mol. The number of carbonyl (C=O) groups excluding carboxylic acids is 1. The summed E-state index contributed by atoms with van der Waals surface area (Å²) in [6.07, 6.45) is 0. The van der Waals surface area contributed by atoms with Gasteiger partial charge in [0.15, 0.2) is 0 Å². The minimum Gasteiger partial charge on any atom is -0.493 e. The second kappa shape index (κ2) is 7.08. The third-order valence-electron chi connectivity index (χ3n) is 3.39. The Balaban J connectivity index is 2.40. The number of methoxy groups -OCH3 is 1. The van der Waals surface area contributed by atoms with Crippen LogP contribution in [0.4, 0.5) is 5.95 Å². The highest BCUT2D eigenvalue weighted by atomic mass is 35.5. The van der Waals surface area contributed by atoms with Gasteiger partial charge in [-0.05, 0) is 23.6 Å². The van der Waals surface area contributed by atoms with Gasteiger partial charge in [-0.3, -0.25) is 0 Å². The number of halogens is 1. The van der Waals surface area contributed by atoms with Crippen LogP contribution in [0.2, 0.25) is 5.15 Å². The zero-order chi connectivity index (χ0) is 19.7. The van der Waals surface area contributed by atoms with Gasteiger partial charge < -0.3 is 9.84 Å². The van der Waals surface area contributed by atoms with Crippen LogP contribution in [0, 0.1) is 0 Å². The van der Waals surface area contributed by atoms with Gasteiger partial charge in [-0.1, -0.05) is 38.4 Å². The van der Waals surface area contributed by atoms with Crippen LogP contribution in [0.1, 0.15) is 36.7 Å². The molecule has 26 heavy (non-hydrogen) atoms. The van der Waals surface area contributed by atoms with Gasteiger partial charge in [-0.15, -0.1) is 0 Å². The molecular weight excluding hydrogens is 382 g/mol. The number of carbonyl (C=O) groups is 1. The molecule has 0 bridgehead atoms. The van der Waals surface area contributed by atoms with Crippen molar-refractivity contribution in [2.24, 2.45) is 0 Å². The molecule has 0 saturated carbocycles. The van der Waals surface area contributed by atoms with E-state index in [1.165, 1.54) is 25.3 Å². The van der Waals surface area contributed by atoms with Crippen molar-refractivity contribution in [2.75, 3.05) is 11.8 Å². The number of hydrogen-bond acceptors (Lipinski definition) is 7. The lowest BCUT2D eigenvalue weighted by Crippen LogP contribution is -2.18. The number of esters is 1. The SMILES string of the molecule is COC(=O)c1cccc(S(=O)(=O)Nc2nc(O)c(C(C)(C)C)c(Cl)n2)c1. The number of anilines is 1. The molecule has 0 aliphatic carbocycles. The summed E-state index contributed by atoms with van der Waals surface area (Å²) in [6, 6.07) is 5.26. The number of nitrogens with one attached hydrogen (secondary N) is 1. The second-order valence-corrected chi connectivity index (χ2v) is 8.45. The van der Waals surface area contributed by atoms with E-state index in [1.54, 1.807) is 20.8 Å². The molecule has 2 N–H and O–H groups in total. The zero-order valence-electron chi connectivity index (χ0n) is 14.6. The van der Waals surface area contributed by atoms with Crippen LogP contribution in [0.5, 0.6) is 5.88 Å². The molecule has 0 aliphatic rings. The number of hydrogen-bond donors (Lipinski definition) is 2. The second-order valence-electron chi connectivity index (χ2n) is 6.41. The molecule has 0 atom stereocenters. The van der Waals surface area contributed by atoms with Crippen LogP contribution in [-0.4, -0.2) is 36.6 Å². The molecule has 0 unspecified atom stereocenters. The van der Waals surface area contributed by atoms with Crippen molar-refractivity contribution in [1.82, 2.24) is 9.97 Å². The highest BCUT2D eigenvalue weighted by molar-refractivity contribution is 7.92. The van der Waals surface area contributed by atoms with Gasteiger partial charge >= 0.3 is 5.97 Å². The van der Waals surface area contributed by atoms with Crippen molar-refractivity contribution >= 4 is 33.5 Å². The van der Waals surface area contributed by atoms with Crippen molar-refractivity contribution in [3.05, 3.63) is 40.5 Å². The number of aromatic hydroxyl groups is 1. The lowest BCUT2D eigenvalue weighted by Gasteiger charge is -2.20. The fraction of sp³-hybridized carbons (Fsp3) is 0.312. The number of benzene rings is 1. The summed E-state index contributed by atoms with van der Waals surface area (Å²) in [5.41, 5.74) is -0.164. The predicted molar refractivity (Wildman–Crippen MR) is 96.0 cm³/mol. The number of sulfonamides is 1. The summed E-state index contributed by atoms with van der Waals surface area (Å²) in [5, 5.41) is 10.0. The van der Waals surface area contributed by atoms with Gasteiger partial charge in [0.25, 0.3) is 10.0 Å². The Morgan fingerprint density at radius 3 is 2.46 bits per heavy atom. The van der Waals surface area contributed by atoms with E-state index < -0.39 is 27.3 Å². The summed E-state index contributed by atoms with van der Waals surface area (Å²) < 4.78 is 31.7. The quantitative estimate of drug-likeness (QED) is 0.599. The summed E-state index contributed by atoms with van der Waals surface area (Å²) >= 11 is 6.07. The molecule has 10 heteroatoms. The summed E-state index contributed by atoms with van der Waals surface area (Å²) in [6.45, 7) is 5.42. The van der Waals surface area contributed by atoms with E-state index in [9.17, 15) is 18.3 Å². The Morgan fingerprint density at radius 2 is 1.92 bits per heavy atom. The Kier molecular flexibility index (Phi) is 5.43. The van der Waals surface area contributed by atoms with E-state index in [-0.39, 0.29) is 21.6 Å². The molecule has 8 nitrogen and oxygen atoms in total. The molecule has 2 aromatic rings. The first-order valence-corrected chi connectivity index (χ1v) is 9.30. The van der Waals surface area contributed by atoms with Gasteiger partial charge in [-0.2, -0.15) is 9.97 Å². The molecule has 1 aromatic carbocycles. The standard InChI is InChI=1S/C16H18ClN3O5S/c1-16(2,3)11-12(17)18-15(19-13(11)21)20-26(23,24)10-7-5-6-9(8-10)14(22)25-4/h5-8H,1-4H3,(H2,18,19,20,21). The van der Waals surface area contributed by atoms with Crippen LogP contribution < -0.4 is 4.72 Å². The average Bonchev–Trinajstić information content (AvgIpc) is 2.51. The average molecular weight is 400 g/mol. The van der Waals surface area contributed by atoms with Crippen molar-refractivity contribution in [2.45, 2.75) is 31.1 Å². The molecule has 1 heterocycles. The van der Waals surface area contributed by atoms with Crippen LogP contribution in [0.3, 0.4) is 0 Å². The fourth-order valence-corrected chi connectivity index (χ4v) is 3.64. The minimum absolute atomic E-state index is 0.0639. The van der Waals surface area contributed by atoms with E-state index in [4.69, 9.17) is 11.6 Å². The lowest BCUT2D eigenvalue weighted by atomic mass is 9.89. The Bertz CT molecular complexity index is 932. The first-order chi connectivity index (χ1) is 12.0. The molecule has 0 radical (unpaired) electrons. The highest BCUT2D eigenvalue weighted by Crippen LogP contribution is 2.35. The summed E-state index contributed by atoms with van der Waals surface area (Å²) in [7, 11) is -2.92. The molecule has 0 spiro atoms. The summed E-state index contributed by atoms with van der Waals surface area (Å²) in [5.74, 6) is -1.48. The topological polar surface area (TPSA) is 118 Å². The van der Waals surface area contributed by atoms with E-state index >= 15 is 0 Å². The summed E-state index contributed by atoms with van der Waals surface area (Å²) in [4.78, 5) is 19.0. The largest absolute Gasteiger partial charge is 0.493 e. The molecule has 2 rings (SSSR count). The molecular formula is C16H18ClN3O5S. The molecule has 0 aliphatic heterocycles. The predicted octanol–water partition coefficient (Wildman–Crippen LogP) is 2.72. The van der Waals surface area contributed by atoms with Crippen LogP contribution in [0.25, 0.3) is 0 Å². The fourth-order valence-electron chi connectivity index (χ4n) is 2.20. The normalized spacial score (nSPS) is 11.9. The highest BCUT2D eigenvalue weighted by Gasteiger charge is 2.26. The van der Waals surface area contributed by atoms with Gasteiger partial charge in [0.1, 0.15) is 5.15 Å². The van der Waals surface area contributed by atoms with E-state index in [0.29, 0.717) is 5.56 Å². The number of rotatable bonds is 4. The third-order valence-corrected chi connectivity index (χ3v) is 4.99.